The first kappa shape index (κ1) is 18.3. The molecule has 0 atom stereocenters. The van der Waals surface area contributed by atoms with E-state index in [1.165, 1.54) is 6.21 Å². The number of nitrogens with zero attached hydrogens (tertiary/aromatic N) is 1. The van der Waals surface area contributed by atoms with Crippen LogP contribution in [0, 0.1) is 6.92 Å². The fourth-order valence-electron chi connectivity index (χ4n) is 1.87. The van der Waals surface area contributed by atoms with Crippen molar-refractivity contribution in [3.63, 3.8) is 0 Å². The molecule has 2 aromatic rings. The van der Waals surface area contributed by atoms with Crippen LogP contribution in [0.5, 0.6) is 11.5 Å². The van der Waals surface area contributed by atoms with Crippen molar-refractivity contribution < 1.29 is 23.8 Å². The third-order valence-electron chi connectivity index (χ3n) is 3.21. The number of aryl methyl sites for hydroxylation is 1. The number of carbonyl (C=O) groups is 1. The average molecular weight is 343 g/mol. The van der Waals surface area contributed by atoms with Gasteiger partial charge in [-0.2, -0.15) is 0 Å². The van der Waals surface area contributed by atoms with Crippen LogP contribution in [0.1, 0.15) is 11.1 Å². The fourth-order valence-corrected chi connectivity index (χ4v) is 1.87. The molecule has 0 fully saturated rings. The number of benzene rings is 2. The van der Waals surface area contributed by atoms with E-state index in [-0.39, 0.29) is 19.8 Å². The number of rotatable bonds is 9. The van der Waals surface area contributed by atoms with Crippen molar-refractivity contribution in [2.45, 2.75) is 6.92 Å². The van der Waals surface area contributed by atoms with Crippen LogP contribution in [0.3, 0.4) is 0 Å². The first-order chi connectivity index (χ1) is 12.2. The van der Waals surface area contributed by atoms with E-state index in [4.69, 9.17) is 19.0 Å². The van der Waals surface area contributed by atoms with Gasteiger partial charge in [-0.05, 0) is 48.9 Å². The normalized spacial score (nSPS) is 10.5. The Morgan fingerprint density at radius 2 is 1.68 bits per heavy atom. The molecule has 2 rings (SSSR count). The summed E-state index contributed by atoms with van der Waals surface area (Å²) in [5.74, 6) is 0.996. The van der Waals surface area contributed by atoms with E-state index in [1.807, 2.05) is 55.5 Å². The topological polar surface area (TPSA) is 66.4 Å². The molecule has 0 saturated carbocycles. The predicted molar refractivity (Wildman–Crippen MR) is 94.2 cm³/mol. The van der Waals surface area contributed by atoms with Crippen LogP contribution in [0.15, 0.2) is 53.7 Å². The second-order valence-electron chi connectivity index (χ2n) is 5.16. The number of ether oxygens (including phenoxy) is 3. The van der Waals surface area contributed by atoms with E-state index >= 15 is 0 Å². The van der Waals surface area contributed by atoms with E-state index in [0.29, 0.717) is 0 Å². The highest BCUT2D eigenvalue weighted by Gasteiger charge is 2.03. The van der Waals surface area contributed by atoms with Crippen molar-refractivity contribution in [3.05, 3.63) is 59.7 Å². The summed E-state index contributed by atoms with van der Waals surface area (Å²) in [6, 6.07) is 14.9. The maximum atomic E-state index is 11.5. The van der Waals surface area contributed by atoms with Crippen LogP contribution < -0.4 is 9.47 Å². The Labute approximate surface area is 147 Å². The van der Waals surface area contributed by atoms with Gasteiger partial charge >= 0.3 is 5.97 Å². The molecule has 132 valence electrons. The monoisotopic (exact) mass is 343 g/mol. The van der Waals surface area contributed by atoms with Gasteiger partial charge in [-0.15, -0.1) is 0 Å². The van der Waals surface area contributed by atoms with Gasteiger partial charge in [-0.25, -0.2) is 4.79 Å². The Balaban J connectivity index is 1.58. The van der Waals surface area contributed by atoms with E-state index in [1.54, 1.807) is 7.11 Å². The van der Waals surface area contributed by atoms with Crippen LogP contribution in [-0.2, 0) is 14.4 Å². The van der Waals surface area contributed by atoms with Crippen LogP contribution in [0.4, 0.5) is 0 Å². The summed E-state index contributed by atoms with van der Waals surface area (Å²) < 4.78 is 15.5. The van der Waals surface area contributed by atoms with E-state index in [0.717, 1.165) is 22.6 Å². The molecule has 0 amide bonds. The summed E-state index contributed by atoms with van der Waals surface area (Å²) in [6.07, 6.45) is 1.51. The highest BCUT2D eigenvalue weighted by molar-refractivity contribution is 5.79. The van der Waals surface area contributed by atoms with Crippen molar-refractivity contribution in [1.29, 1.82) is 0 Å². The first-order valence-electron chi connectivity index (χ1n) is 7.82. The number of oxime groups is 1. The van der Waals surface area contributed by atoms with Crippen molar-refractivity contribution >= 4 is 12.2 Å². The lowest BCUT2D eigenvalue weighted by molar-refractivity contribution is -0.149. The number of esters is 1. The fraction of sp³-hybridized carbons (Fsp3) is 0.263. The van der Waals surface area contributed by atoms with Gasteiger partial charge in [-0.1, -0.05) is 22.9 Å². The van der Waals surface area contributed by atoms with Crippen LogP contribution >= 0.6 is 0 Å². The van der Waals surface area contributed by atoms with Crippen LogP contribution in [-0.4, -0.2) is 39.1 Å². The van der Waals surface area contributed by atoms with Crippen molar-refractivity contribution in [2.75, 3.05) is 26.9 Å². The maximum Gasteiger partial charge on any atom is 0.347 e. The molecule has 0 heterocycles. The van der Waals surface area contributed by atoms with E-state index in [9.17, 15) is 4.79 Å². The molecule has 0 N–H and O–H groups in total. The Bertz CT molecular complexity index is 680. The highest BCUT2D eigenvalue weighted by Crippen LogP contribution is 2.11. The van der Waals surface area contributed by atoms with E-state index < -0.39 is 5.97 Å². The summed E-state index contributed by atoms with van der Waals surface area (Å²) in [6.45, 7) is 2.18. The number of carbonyl (C=O) groups excluding carboxylic acids is 1. The van der Waals surface area contributed by atoms with Gasteiger partial charge in [-0.3, -0.25) is 0 Å². The number of methoxy groups -OCH3 is 1. The Morgan fingerprint density at radius 3 is 2.36 bits per heavy atom. The number of hydrogen-bond donors (Lipinski definition) is 0. The molecule has 0 radical (unpaired) electrons. The summed E-state index contributed by atoms with van der Waals surface area (Å²) in [5, 5.41) is 3.72. The third kappa shape index (κ3) is 6.95. The molecule has 6 heteroatoms. The summed E-state index contributed by atoms with van der Waals surface area (Å²) in [4.78, 5) is 16.4. The molecule has 0 unspecified atom stereocenters. The molecular formula is C19H21NO5. The van der Waals surface area contributed by atoms with Crippen LogP contribution in [0.25, 0.3) is 0 Å². The minimum absolute atomic E-state index is 0.151. The predicted octanol–water partition coefficient (Wildman–Crippen LogP) is 2.98. The first-order valence-corrected chi connectivity index (χ1v) is 7.82. The van der Waals surface area contributed by atoms with Gasteiger partial charge in [0, 0.05) is 0 Å². The standard InChI is InChI=1S/C19H21NO5/c1-15-3-7-18(8-4-15)23-11-12-24-19(21)14-25-20-13-16-5-9-17(22-2)10-6-16/h3-10,13H,11-12,14H2,1-2H3/b20-13-. The molecule has 0 aliphatic heterocycles. The van der Waals surface area contributed by atoms with Gasteiger partial charge in [0.2, 0.25) is 6.61 Å². The zero-order valence-corrected chi connectivity index (χ0v) is 14.3. The van der Waals surface area contributed by atoms with Gasteiger partial charge in [0.25, 0.3) is 0 Å². The van der Waals surface area contributed by atoms with Crippen molar-refractivity contribution in [1.82, 2.24) is 0 Å². The van der Waals surface area contributed by atoms with Gasteiger partial charge in [0.1, 0.15) is 24.7 Å². The van der Waals surface area contributed by atoms with Crippen molar-refractivity contribution in [2.24, 2.45) is 5.16 Å². The summed E-state index contributed by atoms with van der Waals surface area (Å²) in [5.41, 5.74) is 1.99. The van der Waals surface area contributed by atoms with Crippen molar-refractivity contribution in [3.8, 4) is 11.5 Å². The summed E-state index contributed by atoms with van der Waals surface area (Å²) in [7, 11) is 1.60. The molecule has 2 aromatic carbocycles. The molecule has 0 aliphatic carbocycles. The molecule has 0 aromatic heterocycles. The highest BCUT2D eigenvalue weighted by atomic mass is 16.7. The molecule has 0 bridgehead atoms. The second-order valence-corrected chi connectivity index (χ2v) is 5.16. The van der Waals surface area contributed by atoms with E-state index in [2.05, 4.69) is 5.16 Å². The Kier molecular flexibility index (Phi) is 7.31. The van der Waals surface area contributed by atoms with Gasteiger partial charge < -0.3 is 19.0 Å². The summed E-state index contributed by atoms with van der Waals surface area (Å²) >= 11 is 0. The van der Waals surface area contributed by atoms with Gasteiger partial charge in [0.15, 0.2) is 0 Å². The zero-order valence-electron chi connectivity index (χ0n) is 14.3. The lowest BCUT2D eigenvalue weighted by Crippen LogP contribution is -2.15. The minimum Gasteiger partial charge on any atom is -0.497 e. The SMILES string of the molecule is COc1ccc(/C=N\OCC(=O)OCCOc2ccc(C)cc2)cc1. The lowest BCUT2D eigenvalue weighted by Gasteiger charge is -2.07. The van der Waals surface area contributed by atoms with Gasteiger partial charge in [0.05, 0.1) is 13.3 Å². The third-order valence-corrected chi connectivity index (χ3v) is 3.21. The molecule has 25 heavy (non-hydrogen) atoms. The molecule has 0 aliphatic rings. The molecule has 0 spiro atoms. The van der Waals surface area contributed by atoms with Crippen LogP contribution in [0.2, 0.25) is 0 Å². The molecule has 0 saturated heterocycles. The Morgan fingerprint density at radius 1 is 1.00 bits per heavy atom. The molecule has 6 nitrogen and oxygen atoms in total. The average Bonchev–Trinajstić information content (AvgIpc) is 2.64. The smallest absolute Gasteiger partial charge is 0.347 e. The minimum atomic E-state index is -0.501. The maximum absolute atomic E-state index is 11.5. The largest absolute Gasteiger partial charge is 0.497 e. The zero-order chi connectivity index (χ0) is 17.9. The number of hydrogen-bond acceptors (Lipinski definition) is 6. The Hall–Kier alpha value is -3.02. The lowest BCUT2D eigenvalue weighted by atomic mass is 10.2. The second kappa shape index (κ2) is 9.97. The molecular weight excluding hydrogens is 322 g/mol. The quantitative estimate of drug-likeness (QED) is 0.303.